The Bertz CT molecular complexity index is 493. The third-order valence-electron chi connectivity index (χ3n) is 6.18. The lowest BCUT2D eigenvalue weighted by Gasteiger charge is -2.52. The highest BCUT2D eigenvalue weighted by molar-refractivity contribution is 5.78. The van der Waals surface area contributed by atoms with Crippen molar-refractivity contribution in [2.75, 3.05) is 20.3 Å². The summed E-state index contributed by atoms with van der Waals surface area (Å²) in [4.78, 5) is 12.6. The molecule has 1 aliphatic heterocycles. The van der Waals surface area contributed by atoms with Gasteiger partial charge in [0, 0.05) is 12.3 Å². The monoisotopic (exact) mass is 293 g/mol. The zero-order chi connectivity index (χ0) is 15.3. The largest absolute Gasteiger partial charge is 0.469 e. The first kappa shape index (κ1) is 14.8. The van der Waals surface area contributed by atoms with Gasteiger partial charge in [0.05, 0.1) is 37.2 Å². The number of nitriles is 1. The molecule has 0 aromatic rings. The fourth-order valence-corrected chi connectivity index (χ4v) is 4.96. The number of methoxy groups -OCH3 is 1. The molecule has 0 N–H and O–H groups in total. The lowest BCUT2D eigenvalue weighted by Crippen LogP contribution is -2.58. The van der Waals surface area contributed by atoms with Gasteiger partial charge in [-0.15, -0.1) is 0 Å². The van der Waals surface area contributed by atoms with Crippen molar-refractivity contribution >= 4 is 5.97 Å². The lowest BCUT2D eigenvalue weighted by molar-refractivity contribution is -0.239. The molecule has 2 aliphatic carbocycles. The number of esters is 1. The highest BCUT2D eigenvalue weighted by Gasteiger charge is 2.71. The van der Waals surface area contributed by atoms with Crippen LogP contribution in [0.2, 0.25) is 0 Å². The van der Waals surface area contributed by atoms with E-state index >= 15 is 0 Å². The van der Waals surface area contributed by atoms with Gasteiger partial charge in [0.25, 0.3) is 0 Å². The second-order valence-electron chi connectivity index (χ2n) is 6.92. The van der Waals surface area contributed by atoms with Crippen molar-refractivity contribution < 1.29 is 19.0 Å². The molecule has 5 nitrogen and oxygen atoms in total. The van der Waals surface area contributed by atoms with Crippen molar-refractivity contribution in [1.29, 1.82) is 5.26 Å². The molecule has 0 aromatic heterocycles. The molecule has 1 saturated heterocycles. The number of nitrogens with zero attached hydrogens (tertiary/aromatic N) is 1. The number of hydrogen-bond acceptors (Lipinski definition) is 5. The number of carbonyl (C=O) groups excluding carboxylic acids is 1. The molecule has 5 heteroatoms. The van der Waals surface area contributed by atoms with Crippen molar-refractivity contribution in [2.24, 2.45) is 22.7 Å². The first-order valence-corrected chi connectivity index (χ1v) is 7.73. The van der Waals surface area contributed by atoms with E-state index in [-0.39, 0.29) is 17.8 Å². The number of carbonyl (C=O) groups is 1. The molecule has 0 bridgehead atoms. The van der Waals surface area contributed by atoms with E-state index in [0.29, 0.717) is 19.6 Å². The molecule has 3 rings (SSSR count). The van der Waals surface area contributed by atoms with Crippen LogP contribution in [-0.2, 0) is 19.0 Å². The van der Waals surface area contributed by atoms with Gasteiger partial charge in [-0.25, -0.2) is 0 Å². The van der Waals surface area contributed by atoms with E-state index in [0.717, 1.165) is 19.3 Å². The van der Waals surface area contributed by atoms with Gasteiger partial charge in [0.1, 0.15) is 0 Å². The Morgan fingerprint density at radius 1 is 1.29 bits per heavy atom. The van der Waals surface area contributed by atoms with E-state index in [2.05, 4.69) is 13.0 Å². The fraction of sp³-hybridized carbons (Fsp3) is 0.875. The van der Waals surface area contributed by atoms with Crippen LogP contribution in [0, 0.1) is 34.0 Å². The molecule has 4 atom stereocenters. The third kappa shape index (κ3) is 1.72. The van der Waals surface area contributed by atoms with Gasteiger partial charge in [-0.3, -0.25) is 4.79 Å². The SMILES string of the molecule is COC(=O)[C@]1(C)[C@H](C)CC[C@@]2(C#N)CCC3(OCCO3)[C@@H]21. The van der Waals surface area contributed by atoms with E-state index in [1.54, 1.807) is 0 Å². The average molecular weight is 293 g/mol. The predicted molar refractivity (Wildman–Crippen MR) is 73.9 cm³/mol. The summed E-state index contributed by atoms with van der Waals surface area (Å²) in [5.74, 6) is -1.16. The molecule has 3 fully saturated rings. The van der Waals surface area contributed by atoms with Gasteiger partial charge in [-0.1, -0.05) is 6.92 Å². The number of ether oxygens (including phenoxy) is 3. The molecular formula is C16H23NO4. The highest BCUT2D eigenvalue weighted by Crippen LogP contribution is 2.66. The number of rotatable bonds is 1. The summed E-state index contributed by atoms with van der Waals surface area (Å²) in [7, 11) is 1.42. The normalized spacial score (nSPS) is 44.3. The highest BCUT2D eigenvalue weighted by atomic mass is 16.7. The first-order valence-electron chi connectivity index (χ1n) is 7.73. The minimum atomic E-state index is -0.784. The summed E-state index contributed by atoms with van der Waals surface area (Å²) in [5, 5.41) is 9.86. The van der Waals surface area contributed by atoms with Crippen molar-refractivity contribution in [2.45, 2.75) is 45.3 Å². The van der Waals surface area contributed by atoms with Crippen LogP contribution in [0.3, 0.4) is 0 Å². The van der Waals surface area contributed by atoms with E-state index in [4.69, 9.17) is 14.2 Å². The predicted octanol–water partition coefficient (Wildman–Crippen LogP) is 2.26. The molecule has 0 aromatic carbocycles. The summed E-state index contributed by atoms with van der Waals surface area (Å²) in [6.45, 7) is 5.06. The Labute approximate surface area is 125 Å². The van der Waals surface area contributed by atoms with E-state index in [1.807, 2.05) is 6.92 Å². The van der Waals surface area contributed by atoms with Gasteiger partial charge < -0.3 is 14.2 Å². The summed E-state index contributed by atoms with van der Waals surface area (Å²) >= 11 is 0. The number of fused-ring (bicyclic) bond motifs is 2. The van der Waals surface area contributed by atoms with E-state index in [9.17, 15) is 10.1 Å². The van der Waals surface area contributed by atoms with Crippen molar-refractivity contribution in [3.05, 3.63) is 0 Å². The van der Waals surface area contributed by atoms with Crippen LogP contribution in [0.25, 0.3) is 0 Å². The van der Waals surface area contributed by atoms with Crippen LogP contribution in [0.15, 0.2) is 0 Å². The minimum absolute atomic E-state index is 0.138. The Balaban J connectivity index is 2.13. The minimum Gasteiger partial charge on any atom is -0.469 e. The van der Waals surface area contributed by atoms with Gasteiger partial charge in [0.2, 0.25) is 0 Å². The molecule has 0 radical (unpaired) electrons. The molecule has 2 saturated carbocycles. The van der Waals surface area contributed by atoms with Crippen LogP contribution in [0.4, 0.5) is 0 Å². The summed E-state index contributed by atoms with van der Waals surface area (Å²) in [5.41, 5.74) is -1.29. The molecule has 21 heavy (non-hydrogen) atoms. The fourth-order valence-electron chi connectivity index (χ4n) is 4.96. The summed E-state index contributed by atoms with van der Waals surface area (Å²) < 4.78 is 17.0. The second-order valence-corrected chi connectivity index (χ2v) is 6.92. The molecular weight excluding hydrogens is 270 g/mol. The average Bonchev–Trinajstić information content (AvgIpc) is 3.10. The molecule has 0 unspecified atom stereocenters. The Morgan fingerprint density at radius 3 is 2.52 bits per heavy atom. The van der Waals surface area contributed by atoms with Crippen LogP contribution >= 0.6 is 0 Å². The zero-order valence-electron chi connectivity index (χ0n) is 13.0. The van der Waals surface area contributed by atoms with Crippen LogP contribution in [0.1, 0.15) is 39.5 Å². The van der Waals surface area contributed by atoms with E-state index in [1.165, 1.54) is 7.11 Å². The zero-order valence-corrected chi connectivity index (χ0v) is 13.0. The van der Waals surface area contributed by atoms with Crippen LogP contribution < -0.4 is 0 Å². The number of hydrogen-bond donors (Lipinski definition) is 0. The first-order chi connectivity index (χ1) is 9.95. The van der Waals surface area contributed by atoms with Gasteiger partial charge in [0.15, 0.2) is 5.79 Å². The Kier molecular flexibility index (Phi) is 3.30. The van der Waals surface area contributed by atoms with Crippen LogP contribution in [-0.4, -0.2) is 32.1 Å². The maximum Gasteiger partial charge on any atom is 0.312 e. The topological polar surface area (TPSA) is 68.6 Å². The van der Waals surface area contributed by atoms with Gasteiger partial charge in [-0.2, -0.15) is 5.26 Å². The van der Waals surface area contributed by atoms with Crippen molar-refractivity contribution in [1.82, 2.24) is 0 Å². The second kappa shape index (κ2) is 4.69. The molecule has 0 amide bonds. The molecule has 116 valence electrons. The van der Waals surface area contributed by atoms with E-state index < -0.39 is 16.6 Å². The maximum atomic E-state index is 12.6. The van der Waals surface area contributed by atoms with Gasteiger partial charge >= 0.3 is 5.97 Å². The molecule has 3 aliphatic rings. The van der Waals surface area contributed by atoms with Crippen molar-refractivity contribution in [3.8, 4) is 6.07 Å². The Morgan fingerprint density at radius 2 is 1.95 bits per heavy atom. The Hall–Kier alpha value is -1.12. The molecule has 1 heterocycles. The smallest absolute Gasteiger partial charge is 0.312 e. The van der Waals surface area contributed by atoms with Crippen molar-refractivity contribution in [3.63, 3.8) is 0 Å². The summed E-state index contributed by atoms with van der Waals surface area (Å²) in [6.07, 6.45) is 3.07. The molecule has 1 spiro atoms. The lowest BCUT2D eigenvalue weighted by atomic mass is 9.52. The van der Waals surface area contributed by atoms with Gasteiger partial charge in [-0.05, 0) is 32.1 Å². The summed E-state index contributed by atoms with van der Waals surface area (Å²) in [6, 6.07) is 2.52. The standard InChI is InChI=1S/C16H23NO4/c1-11-4-5-15(10-17)6-7-16(20-8-9-21-16)12(15)14(11,2)13(18)19-3/h11-12H,4-9H2,1-3H3/t11-,12-,14-,15+/m1/s1. The maximum absolute atomic E-state index is 12.6. The third-order valence-corrected chi connectivity index (χ3v) is 6.18. The quantitative estimate of drug-likeness (QED) is 0.694. The van der Waals surface area contributed by atoms with Crippen LogP contribution in [0.5, 0.6) is 0 Å².